The normalized spacial score (nSPS) is 11.4. The standard InChI is InChI=1S/C14H16N2O4/c1-3-11-10(14(18)19)5-6-12(16-11)9(8-15)7-13(17)20-4-2/h5-6,9H,3-4,7H2,1-2H3,(H,18,19). The number of hydrogen-bond acceptors (Lipinski definition) is 5. The van der Waals surface area contributed by atoms with Crippen LogP contribution in [-0.2, 0) is 16.0 Å². The van der Waals surface area contributed by atoms with Gasteiger partial charge in [-0.1, -0.05) is 6.92 Å². The van der Waals surface area contributed by atoms with E-state index in [0.29, 0.717) is 17.8 Å². The van der Waals surface area contributed by atoms with Crippen molar-refractivity contribution in [3.05, 3.63) is 29.1 Å². The highest BCUT2D eigenvalue weighted by Crippen LogP contribution is 2.20. The van der Waals surface area contributed by atoms with Crippen molar-refractivity contribution in [3.63, 3.8) is 0 Å². The van der Waals surface area contributed by atoms with Crippen LogP contribution >= 0.6 is 0 Å². The fourth-order valence-electron chi connectivity index (χ4n) is 1.78. The Morgan fingerprint density at radius 2 is 2.15 bits per heavy atom. The Hall–Kier alpha value is -2.42. The Kier molecular flexibility index (Phi) is 5.66. The summed E-state index contributed by atoms with van der Waals surface area (Å²) in [5, 5.41) is 18.1. The minimum atomic E-state index is -1.06. The van der Waals surface area contributed by atoms with Crippen LogP contribution in [-0.4, -0.2) is 28.6 Å². The number of carboxylic acids is 1. The molecule has 0 saturated heterocycles. The van der Waals surface area contributed by atoms with Crippen molar-refractivity contribution in [2.24, 2.45) is 0 Å². The van der Waals surface area contributed by atoms with E-state index in [0.717, 1.165) is 0 Å². The summed E-state index contributed by atoms with van der Waals surface area (Å²) in [4.78, 5) is 26.6. The molecule has 0 amide bonds. The van der Waals surface area contributed by atoms with Crippen molar-refractivity contribution < 1.29 is 19.4 Å². The topological polar surface area (TPSA) is 100 Å². The van der Waals surface area contributed by atoms with Crippen molar-refractivity contribution >= 4 is 11.9 Å². The van der Waals surface area contributed by atoms with Gasteiger partial charge in [-0.2, -0.15) is 5.26 Å². The minimum absolute atomic E-state index is 0.0904. The Morgan fingerprint density at radius 3 is 2.65 bits per heavy atom. The first-order valence-corrected chi connectivity index (χ1v) is 6.31. The third kappa shape index (κ3) is 3.79. The fourth-order valence-corrected chi connectivity index (χ4v) is 1.78. The molecular weight excluding hydrogens is 260 g/mol. The summed E-state index contributed by atoms with van der Waals surface area (Å²) in [5.41, 5.74) is 0.908. The maximum atomic E-state index is 11.4. The van der Waals surface area contributed by atoms with Gasteiger partial charge in [0, 0.05) is 0 Å². The molecule has 0 bridgehead atoms. The number of aromatic nitrogens is 1. The molecule has 0 aromatic carbocycles. The number of nitriles is 1. The van der Waals surface area contributed by atoms with Crippen LogP contribution in [0.3, 0.4) is 0 Å². The molecule has 0 fully saturated rings. The lowest BCUT2D eigenvalue weighted by Crippen LogP contribution is -2.12. The first-order valence-electron chi connectivity index (χ1n) is 6.31. The maximum absolute atomic E-state index is 11.4. The maximum Gasteiger partial charge on any atom is 0.337 e. The number of carbonyl (C=O) groups excluding carboxylic acids is 1. The monoisotopic (exact) mass is 276 g/mol. The molecule has 0 aliphatic carbocycles. The molecule has 1 aromatic heterocycles. The van der Waals surface area contributed by atoms with E-state index in [1.54, 1.807) is 13.8 Å². The molecule has 1 rings (SSSR count). The van der Waals surface area contributed by atoms with Crippen LogP contribution < -0.4 is 0 Å². The molecule has 0 aliphatic heterocycles. The number of aryl methyl sites for hydroxylation is 1. The molecule has 0 radical (unpaired) electrons. The lowest BCUT2D eigenvalue weighted by Gasteiger charge is -2.10. The van der Waals surface area contributed by atoms with Crippen LogP contribution in [0.2, 0.25) is 0 Å². The zero-order valence-corrected chi connectivity index (χ0v) is 11.4. The quantitative estimate of drug-likeness (QED) is 0.796. The number of ether oxygens (including phenoxy) is 1. The van der Waals surface area contributed by atoms with Gasteiger partial charge in [-0.15, -0.1) is 0 Å². The molecule has 0 saturated carbocycles. The number of carboxylic acid groups (broad SMARTS) is 1. The number of nitrogens with zero attached hydrogens (tertiary/aromatic N) is 2. The third-order valence-electron chi connectivity index (χ3n) is 2.75. The van der Waals surface area contributed by atoms with Crippen molar-refractivity contribution in [2.45, 2.75) is 32.6 Å². The van der Waals surface area contributed by atoms with Gasteiger partial charge in [-0.3, -0.25) is 9.78 Å². The zero-order chi connectivity index (χ0) is 15.1. The Balaban J connectivity index is 3.02. The lowest BCUT2D eigenvalue weighted by molar-refractivity contribution is -0.143. The van der Waals surface area contributed by atoms with Gasteiger partial charge >= 0.3 is 11.9 Å². The van der Waals surface area contributed by atoms with Gasteiger partial charge in [0.15, 0.2) is 0 Å². The average molecular weight is 276 g/mol. The van der Waals surface area contributed by atoms with Crippen molar-refractivity contribution in [2.75, 3.05) is 6.61 Å². The lowest BCUT2D eigenvalue weighted by atomic mass is 10.0. The van der Waals surface area contributed by atoms with E-state index in [2.05, 4.69) is 4.98 Å². The van der Waals surface area contributed by atoms with Gasteiger partial charge in [0.1, 0.15) is 0 Å². The average Bonchev–Trinajstić information content (AvgIpc) is 2.44. The molecule has 1 aromatic rings. The first kappa shape index (κ1) is 15.6. The molecule has 0 spiro atoms. The second-order valence-electron chi connectivity index (χ2n) is 4.08. The van der Waals surface area contributed by atoms with Crippen LogP contribution in [0.1, 0.15) is 47.9 Å². The Bertz CT molecular complexity index is 549. The van der Waals surface area contributed by atoms with E-state index in [-0.39, 0.29) is 18.6 Å². The van der Waals surface area contributed by atoms with Gasteiger partial charge in [0.05, 0.1) is 42.0 Å². The minimum Gasteiger partial charge on any atom is -0.478 e. The molecule has 106 valence electrons. The molecule has 1 N–H and O–H groups in total. The van der Waals surface area contributed by atoms with Crippen LogP contribution in [0.15, 0.2) is 12.1 Å². The van der Waals surface area contributed by atoms with Gasteiger partial charge in [-0.05, 0) is 25.5 Å². The summed E-state index contributed by atoms with van der Waals surface area (Å²) >= 11 is 0. The van der Waals surface area contributed by atoms with Gasteiger partial charge in [0.2, 0.25) is 0 Å². The number of rotatable bonds is 6. The van der Waals surface area contributed by atoms with Crippen molar-refractivity contribution in [3.8, 4) is 6.07 Å². The van der Waals surface area contributed by atoms with Crippen LogP contribution in [0.4, 0.5) is 0 Å². The summed E-state index contributed by atoms with van der Waals surface area (Å²) in [5.74, 6) is -2.26. The highest BCUT2D eigenvalue weighted by Gasteiger charge is 2.20. The molecule has 1 heterocycles. The summed E-state index contributed by atoms with van der Waals surface area (Å²) < 4.78 is 4.80. The van der Waals surface area contributed by atoms with E-state index in [4.69, 9.17) is 15.1 Å². The van der Waals surface area contributed by atoms with E-state index >= 15 is 0 Å². The number of pyridine rings is 1. The second-order valence-corrected chi connectivity index (χ2v) is 4.08. The summed E-state index contributed by atoms with van der Waals surface area (Å²) in [6, 6.07) is 4.88. The van der Waals surface area contributed by atoms with Crippen molar-refractivity contribution in [1.29, 1.82) is 5.26 Å². The van der Waals surface area contributed by atoms with E-state index in [1.807, 2.05) is 6.07 Å². The van der Waals surface area contributed by atoms with E-state index in [1.165, 1.54) is 12.1 Å². The molecular formula is C14H16N2O4. The molecule has 6 nitrogen and oxygen atoms in total. The Labute approximate surface area is 117 Å². The van der Waals surface area contributed by atoms with Crippen LogP contribution in [0.5, 0.6) is 0 Å². The van der Waals surface area contributed by atoms with Crippen LogP contribution in [0.25, 0.3) is 0 Å². The molecule has 0 aliphatic rings. The summed E-state index contributed by atoms with van der Waals surface area (Å²) in [7, 11) is 0. The molecule has 1 unspecified atom stereocenters. The third-order valence-corrected chi connectivity index (χ3v) is 2.75. The van der Waals surface area contributed by atoms with Gasteiger partial charge in [-0.25, -0.2) is 4.79 Å². The zero-order valence-electron chi connectivity index (χ0n) is 11.4. The highest BCUT2D eigenvalue weighted by atomic mass is 16.5. The number of aromatic carboxylic acids is 1. The van der Waals surface area contributed by atoms with E-state index < -0.39 is 17.9 Å². The molecule has 20 heavy (non-hydrogen) atoms. The molecule has 6 heteroatoms. The smallest absolute Gasteiger partial charge is 0.337 e. The largest absolute Gasteiger partial charge is 0.478 e. The number of hydrogen-bond donors (Lipinski definition) is 1. The Morgan fingerprint density at radius 1 is 1.45 bits per heavy atom. The highest BCUT2D eigenvalue weighted by molar-refractivity contribution is 5.88. The predicted molar refractivity (Wildman–Crippen MR) is 70.2 cm³/mol. The SMILES string of the molecule is CCOC(=O)CC(C#N)c1ccc(C(=O)O)c(CC)n1. The first-order chi connectivity index (χ1) is 9.53. The van der Waals surface area contributed by atoms with Gasteiger partial charge < -0.3 is 9.84 Å². The number of esters is 1. The summed E-state index contributed by atoms with van der Waals surface area (Å²) in [6.07, 6.45) is 0.347. The predicted octanol–water partition coefficient (Wildman–Crippen LogP) is 1.90. The molecule has 1 atom stereocenters. The second kappa shape index (κ2) is 7.24. The fraction of sp³-hybridized carbons (Fsp3) is 0.429. The van der Waals surface area contributed by atoms with Crippen LogP contribution in [0, 0.1) is 11.3 Å². The van der Waals surface area contributed by atoms with Crippen molar-refractivity contribution in [1.82, 2.24) is 4.98 Å². The number of carbonyl (C=O) groups is 2. The summed E-state index contributed by atoms with van der Waals surface area (Å²) in [6.45, 7) is 3.72. The van der Waals surface area contributed by atoms with E-state index in [9.17, 15) is 9.59 Å². The van der Waals surface area contributed by atoms with Gasteiger partial charge in [0.25, 0.3) is 0 Å².